The van der Waals surface area contributed by atoms with Gasteiger partial charge >= 0.3 is 0 Å². The first-order valence-electron chi connectivity index (χ1n) is 11.9. The molecule has 0 bridgehead atoms. The Labute approximate surface area is 203 Å². The van der Waals surface area contributed by atoms with Crippen LogP contribution in [0.3, 0.4) is 0 Å². The third-order valence-electron chi connectivity index (χ3n) is 7.39. The molecule has 2 aromatic heterocycles. The van der Waals surface area contributed by atoms with Gasteiger partial charge < -0.3 is 15.0 Å². The number of carbonyl (C=O) groups is 1. The molecule has 3 aromatic rings. The summed E-state index contributed by atoms with van der Waals surface area (Å²) in [7, 11) is 1.68. The van der Waals surface area contributed by atoms with Crippen LogP contribution in [0.25, 0.3) is 10.2 Å². The highest BCUT2D eigenvalue weighted by Crippen LogP contribution is 2.42. The van der Waals surface area contributed by atoms with Crippen molar-refractivity contribution in [1.82, 2.24) is 14.9 Å². The first-order chi connectivity index (χ1) is 16.4. The Morgan fingerprint density at radius 3 is 2.97 bits per heavy atom. The van der Waals surface area contributed by atoms with Crippen molar-refractivity contribution in [3.05, 3.63) is 40.0 Å². The normalized spacial score (nSPS) is 20.4. The number of amides is 1. The summed E-state index contributed by atoms with van der Waals surface area (Å²) in [4.78, 5) is 31.1. The maximum absolute atomic E-state index is 13.3. The van der Waals surface area contributed by atoms with Crippen LogP contribution in [0.4, 0.5) is 11.5 Å². The van der Waals surface area contributed by atoms with Crippen LogP contribution in [0, 0.1) is 11.3 Å². The predicted molar refractivity (Wildman–Crippen MR) is 135 cm³/mol. The SMILES string of the molecule is COc1cc2c(cc1Nc1ncnc3sc4c(c13)CCC(C(=O)N1CCC(C)(C)C1)C4)C=NC2. The Morgan fingerprint density at radius 1 is 1.29 bits per heavy atom. The molecule has 1 atom stereocenters. The van der Waals surface area contributed by atoms with Crippen LogP contribution in [0.5, 0.6) is 5.75 Å². The van der Waals surface area contributed by atoms with Gasteiger partial charge in [0, 0.05) is 30.1 Å². The highest BCUT2D eigenvalue weighted by atomic mass is 32.1. The topological polar surface area (TPSA) is 79.7 Å². The summed E-state index contributed by atoms with van der Waals surface area (Å²) >= 11 is 1.70. The van der Waals surface area contributed by atoms with Gasteiger partial charge in [-0.15, -0.1) is 11.3 Å². The first kappa shape index (κ1) is 21.5. The molecule has 1 aromatic carbocycles. The molecular weight excluding hydrogens is 446 g/mol. The van der Waals surface area contributed by atoms with Crippen LogP contribution in [0.2, 0.25) is 0 Å². The van der Waals surface area contributed by atoms with E-state index in [0.29, 0.717) is 12.5 Å². The summed E-state index contributed by atoms with van der Waals surface area (Å²) in [6.45, 7) is 6.95. The van der Waals surface area contributed by atoms with E-state index in [2.05, 4.69) is 45.1 Å². The van der Waals surface area contributed by atoms with Gasteiger partial charge in [-0.05, 0) is 59.9 Å². The molecule has 1 fully saturated rings. The summed E-state index contributed by atoms with van der Waals surface area (Å²) in [5.41, 5.74) is 4.66. The number of carbonyl (C=O) groups excluding carboxylic acids is 1. The van der Waals surface area contributed by atoms with Crippen molar-refractivity contribution in [2.75, 3.05) is 25.5 Å². The molecule has 0 spiro atoms. The zero-order valence-electron chi connectivity index (χ0n) is 19.9. The van der Waals surface area contributed by atoms with Gasteiger partial charge in [0.15, 0.2) is 0 Å². The minimum atomic E-state index is 0.0647. The van der Waals surface area contributed by atoms with Crippen molar-refractivity contribution in [3.8, 4) is 5.75 Å². The van der Waals surface area contributed by atoms with Crippen LogP contribution >= 0.6 is 11.3 Å². The quantitative estimate of drug-likeness (QED) is 0.590. The second-order valence-electron chi connectivity index (χ2n) is 10.4. The number of methoxy groups -OCH3 is 1. The molecule has 8 heteroatoms. The fourth-order valence-electron chi connectivity index (χ4n) is 5.51. The summed E-state index contributed by atoms with van der Waals surface area (Å²) in [5, 5.41) is 4.59. The highest BCUT2D eigenvalue weighted by Gasteiger charge is 2.37. The van der Waals surface area contributed by atoms with Crippen molar-refractivity contribution < 1.29 is 9.53 Å². The van der Waals surface area contributed by atoms with E-state index >= 15 is 0 Å². The number of nitrogens with zero attached hydrogens (tertiary/aromatic N) is 4. The number of aryl methyl sites for hydroxylation is 1. The molecule has 1 N–H and O–H groups in total. The lowest BCUT2D eigenvalue weighted by Gasteiger charge is -2.27. The Hall–Kier alpha value is -3.00. The lowest BCUT2D eigenvalue weighted by Crippen LogP contribution is -2.37. The number of ether oxygens (including phenoxy) is 1. The number of likely N-dealkylation sites (tertiary alicyclic amines) is 1. The van der Waals surface area contributed by atoms with Crippen LogP contribution < -0.4 is 10.1 Å². The minimum Gasteiger partial charge on any atom is -0.495 e. The highest BCUT2D eigenvalue weighted by molar-refractivity contribution is 7.19. The number of benzene rings is 1. The Kier molecular flexibility index (Phi) is 5.09. The van der Waals surface area contributed by atoms with Gasteiger partial charge in [0.25, 0.3) is 0 Å². The summed E-state index contributed by atoms with van der Waals surface area (Å²) in [5.74, 6) is 1.96. The number of anilines is 2. The van der Waals surface area contributed by atoms with Gasteiger partial charge in [-0.2, -0.15) is 0 Å². The molecule has 1 aliphatic carbocycles. The first-order valence-corrected chi connectivity index (χ1v) is 12.8. The van der Waals surface area contributed by atoms with Crippen LogP contribution in [0.15, 0.2) is 23.5 Å². The molecule has 6 rings (SSSR count). The molecule has 0 radical (unpaired) electrons. The predicted octanol–water partition coefficient (Wildman–Crippen LogP) is 4.74. The smallest absolute Gasteiger partial charge is 0.226 e. The molecule has 7 nitrogen and oxygen atoms in total. The molecule has 3 aliphatic rings. The standard InChI is InChI=1S/C26H29N5O2S/c1-26(2)6-7-31(13-26)25(32)15-4-5-18-21(10-15)34-24-22(18)23(28-14-29-24)30-19-8-16-11-27-12-17(16)9-20(19)33-3/h8-9,11,14-15H,4-7,10,12-13H2,1-3H3,(H,28,29,30). The molecular formula is C26H29N5O2S. The van der Waals surface area contributed by atoms with Crippen LogP contribution in [0.1, 0.15) is 48.3 Å². The van der Waals surface area contributed by atoms with Crippen molar-refractivity contribution in [1.29, 1.82) is 0 Å². The van der Waals surface area contributed by atoms with E-state index in [4.69, 9.17) is 4.74 Å². The van der Waals surface area contributed by atoms with Gasteiger partial charge in [-0.25, -0.2) is 9.97 Å². The lowest BCUT2D eigenvalue weighted by molar-refractivity contribution is -0.135. The van der Waals surface area contributed by atoms with E-state index in [0.717, 1.165) is 71.8 Å². The van der Waals surface area contributed by atoms with Gasteiger partial charge in [-0.3, -0.25) is 9.79 Å². The van der Waals surface area contributed by atoms with E-state index in [9.17, 15) is 4.79 Å². The second-order valence-corrected chi connectivity index (χ2v) is 11.4. The number of hydrogen-bond acceptors (Lipinski definition) is 7. The van der Waals surface area contributed by atoms with Gasteiger partial charge in [0.05, 0.1) is 24.7 Å². The second kappa shape index (κ2) is 8.05. The fraction of sp³-hybridized carbons (Fsp3) is 0.462. The van der Waals surface area contributed by atoms with Gasteiger partial charge in [-0.1, -0.05) is 13.8 Å². The number of nitrogens with one attached hydrogen (secondary N) is 1. The number of aliphatic imine (C=N–C) groups is 1. The number of thiophene rings is 1. The van der Waals surface area contributed by atoms with Crippen molar-refractivity contribution in [2.45, 2.75) is 46.1 Å². The molecule has 4 heterocycles. The maximum atomic E-state index is 13.3. The lowest BCUT2D eigenvalue weighted by atomic mass is 9.86. The van der Waals surface area contributed by atoms with E-state index in [-0.39, 0.29) is 11.3 Å². The molecule has 1 amide bonds. The summed E-state index contributed by atoms with van der Waals surface area (Å²) in [6.07, 6.45) is 7.15. The molecule has 0 saturated carbocycles. The van der Waals surface area contributed by atoms with Crippen molar-refractivity contribution in [2.24, 2.45) is 16.3 Å². The zero-order valence-corrected chi connectivity index (χ0v) is 20.7. The Morgan fingerprint density at radius 2 is 2.18 bits per heavy atom. The number of hydrogen-bond donors (Lipinski definition) is 1. The van der Waals surface area contributed by atoms with Crippen molar-refractivity contribution in [3.63, 3.8) is 0 Å². The Balaban J connectivity index is 1.30. The Bertz CT molecular complexity index is 1330. The molecule has 1 saturated heterocycles. The van der Waals surface area contributed by atoms with Gasteiger partial charge in [0.2, 0.25) is 5.91 Å². The summed E-state index contributed by atoms with van der Waals surface area (Å²) < 4.78 is 5.65. The van der Waals surface area contributed by atoms with Crippen LogP contribution in [-0.4, -0.2) is 47.2 Å². The average molecular weight is 476 g/mol. The molecule has 2 aliphatic heterocycles. The van der Waals surface area contributed by atoms with Gasteiger partial charge in [0.1, 0.15) is 22.7 Å². The third-order valence-corrected chi connectivity index (χ3v) is 8.55. The monoisotopic (exact) mass is 475 g/mol. The summed E-state index contributed by atoms with van der Waals surface area (Å²) in [6, 6.07) is 4.12. The van der Waals surface area contributed by atoms with E-state index in [1.165, 1.54) is 16.0 Å². The zero-order chi connectivity index (χ0) is 23.4. The average Bonchev–Trinajstić information content (AvgIpc) is 3.53. The number of aromatic nitrogens is 2. The molecule has 1 unspecified atom stereocenters. The number of rotatable bonds is 4. The fourth-order valence-corrected chi connectivity index (χ4v) is 6.77. The van der Waals surface area contributed by atoms with E-state index < -0.39 is 0 Å². The van der Waals surface area contributed by atoms with Crippen LogP contribution in [-0.2, 0) is 24.2 Å². The maximum Gasteiger partial charge on any atom is 0.226 e. The molecule has 176 valence electrons. The minimum absolute atomic E-state index is 0.0647. The van der Waals surface area contributed by atoms with E-state index in [1.54, 1.807) is 24.8 Å². The number of fused-ring (bicyclic) bond motifs is 4. The largest absolute Gasteiger partial charge is 0.495 e. The molecule has 34 heavy (non-hydrogen) atoms. The third kappa shape index (κ3) is 3.64. The van der Waals surface area contributed by atoms with E-state index in [1.807, 2.05) is 12.3 Å². The van der Waals surface area contributed by atoms with Crippen molar-refractivity contribution >= 4 is 45.2 Å².